The fraction of sp³-hybridized carbons (Fsp3) is 0.345. The van der Waals surface area contributed by atoms with Crippen molar-refractivity contribution in [2.24, 2.45) is 0 Å². The molecule has 3 aromatic rings. The summed E-state index contributed by atoms with van der Waals surface area (Å²) < 4.78 is 44.8. The lowest BCUT2D eigenvalue weighted by atomic mass is 10.1. The highest BCUT2D eigenvalue weighted by molar-refractivity contribution is 6.30. The minimum absolute atomic E-state index is 0.0371. The van der Waals surface area contributed by atoms with Gasteiger partial charge in [-0.25, -0.2) is 0 Å². The molecule has 0 saturated carbocycles. The van der Waals surface area contributed by atoms with E-state index < -0.39 is 11.7 Å². The minimum atomic E-state index is -4.37. The Kier molecular flexibility index (Phi) is 8.90. The van der Waals surface area contributed by atoms with Gasteiger partial charge in [0.15, 0.2) is 0 Å². The number of carbonyl (C=O) groups is 1. The third-order valence-corrected chi connectivity index (χ3v) is 6.92. The van der Waals surface area contributed by atoms with Crippen molar-refractivity contribution < 1.29 is 22.7 Å². The summed E-state index contributed by atoms with van der Waals surface area (Å²) in [7, 11) is 0. The molecule has 37 heavy (non-hydrogen) atoms. The zero-order chi connectivity index (χ0) is 26.4. The van der Waals surface area contributed by atoms with Crippen LogP contribution >= 0.6 is 11.6 Å². The van der Waals surface area contributed by atoms with Crippen LogP contribution in [0, 0.1) is 0 Å². The highest BCUT2D eigenvalue weighted by Gasteiger charge is 2.30. The Bertz CT molecular complexity index is 1160. The van der Waals surface area contributed by atoms with Gasteiger partial charge >= 0.3 is 6.18 Å². The Morgan fingerprint density at radius 3 is 2.05 bits per heavy atom. The van der Waals surface area contributed by atoms with E-state index in [2.05, 4.69) is 11.8 Å². The van der Waals surface area contributed by atoms with Crippen LogP contribution in [-0.2, 0) is 23.9 Å². The molecule has 0 unspecified atom stereocenters. The van der Waals surface area contributed by atoms with Gasteiger partial charge in [0.05, 0.1) is 18.3 Å². The number of aryl methyl sites for hydroxylation is 1. The summed E-state index contributed by atoms with van der Waals surface area (Å²) >= 11 is 6.07. The van der Waals surface area contributed by atoms with Crippen LogP contribution in [0.4, 0.5) is 13.2 Å². The molecule has 1 fully saturated rings. The Balaban J connectivity index is 1.37. The second kappa shape index (κ2) is 12.1. The van der Waals surface area contributed by atoms with Crippen LogP contribution in [0.15, 0.2) is 72.8 Å². The van der Waals surface area contributed by atoms with Crippen LogP contribution in [0.3, 0.4) is 0 Å². The van der Waals surface area contributed by atoms with Gasteiger partial charge in [-0.05, 0) is 59.5 Å². The van der Waals surface area contributed by atoms with Gasteiger partial charge in [-0.2, -0.15) is 13.2 Å². The summed E-state index contributed by atoms with van der Waals surface area (Å²) in [6, 6.07) is 20.2. The molecule has 1 aliphatic heterocycles. The van der Waals surface area contributed by atoms with Crippen LogP contribution in [0.5, 0.6) is 0 Å². The SMILES string of the molecule is CCc1ccc(C(=O)N2CCN(C[C@@H](OCc3ccc(C(F)(F)F)cc3)c3ccc(Cl)cc3)CC2)cc1. The Labute approximate surface area is 220 Å². The van der Waals surface area contributed by atoms with Gasteiger partial charge in [0.1, 0.15) is 0 Å². The molecule has 0 aromatic heterocycles. The van der Waals surface area contributed by atoms with Gasteiger partial charge in [0.2, 0.25) is 0 Å². The highest BCUT2D eigenvalue weighted by Crippen LogP contribution is 2.30. The van der Waals surface area contributed by atoms with Gasteiger partial charge in [0, 0.05) is 43.3 Å². The molecule has 4 nitrogen and oxygen atoms in total. The molecule has 0 aliphatic carbocycles. The number of ether oxygens (including phenoxy) is 1. The summed E-state index contributed by atoms with van der Waals surface area (Å²) in [5.41, 5.74) is 2.82. The predicted molar refractivity (Wildman–Crippen MR) is 139 cm³/mol. The molecular formula is C29H30ClF3N2O2. The first kappa shape index (κ1) is 27.2. The molecule has 1 saturated heterocycles. The number of benzene rings is 3. The van der Waals surface area contributed by atoms with E-state index in [1.165, 1.54) is 17.7 Å². The lowest BCUT2D eigenvalue weighted by Gasteiger charge is -2.36. The standard InChI is InChI=1S/C29H30ClF3N2O2/c1-2-21-3-7-24(8-4-21)28(36)35-17-15-34(16-18-35)19-27(23-9-13-26(30)14-10-23)37-20-22-5-11-25(12-6-22)29(31,32)33/h3-14,27H,2,15-20H2,1H3/t27-/m1/s1. The van der Waals surface area contributed by atoms with E-state index in [0.717, 1.165) is 24.1 Å². The number of halogens is 4. The number of hydrogen-bond acceptors (Lipinski definition) is 3. The van der Waals surface area contributed by atoms with Gasteiger partial charge in [-0.1, -0.05) is 54.9 Å². The lowest BCUT2D eigenvalue weighted by molar-refractivity contribution is -0.137. The maximum Gasteiger partial charge on any atom is 0.416 e. The smallest absolute Gasteiger partial charge is 0.368 e. The first-order chi connectivity index (χ1) is 17.7. The molecule has 1 aliphatic rings. The predicted octanol–water partition coefficient (Wildman–Crippen LogP) is 6.64. The normalized spacial score (nSPS) is 15.5. The molecule has 1 amide bonds. The highest BCUT2D eigenvalue weighted by atomic mass is 35.5. The summed E-state index contributed by atoms with van der Waals surface area (Å²) in [6.07, 6.45) is -3.74. The molecule has 0 N–H and O–H groups in total. The molecule has 0 radical (unpaired) electrons. The van der Waals surface area contributed by atoms with E-state index in [1.807, 2.05) is 41.3 Å². The first-order valence-electron chi connectivity index (χ1n) is 12.4. The van der Waals surface area contributed by atoms with E-state index >= 15 is 0 Å². The second-order valence-corrected chi connectivity index (χ2v) is 9.63. The van der Waals surface area contributed by atoms with Crippen LogP contribution in [-0.4, -0.2) is 48.4 Å². The van der Waals surface area contributed by atoms with Crippen molar-refractivity contribution in [2.45, 2.75) is 32.2 Å². The number of hydrogen-bond donors (Lipinski definition) is 0. The number of piperazine rings is 1. The maximum absolute atomic E-state index is 12.9. The average Bonchev–Trinajstić information content (AvgIpc) is 2.91. The van der Waals surface area contributed by atoms with Crippen molar-refractivity contribution in [3.05, 3.63) is 106 Å². The molecule has 3 aromatic carbocycles. The van der Waals surface area contributed by atoms with Gasteiger partial charge in [-0.15, -0.1) is 0 Å². The fourth-order valence-corrected chi connectivity index (χ4v) is 4.48. The summed E-state index contributed by atoms with van der Waals surface area (Å²) in [6.45, 7) is 5.48. The molecule has 4 rings (SSSR count). The number of nitrogens with zero attached hydrogens (tertiary/aromatic N) is 2. The van der Waals surface area contributed by atoms with E-state index in [-0.39, 0.29) is 18.6 Å². The monoisotopic (exact) mass is 530 g/mol. The molecule has 0 bridgehead atoms. The van der Waals surface area contributed by atoms with Gasteiger partial charge in [-0.3, -0.25) is 9.69 Å². The van der Waals surface area contributed by atoms with E-state index in [1.54, 1.807) is 12.1 Å². The molecule has 1 heterocycles. The van der Waals surface area contributed by atoms with Crippen LogP contribution < -0.4 is 0 Å². The zero-order valence-electron chi connectivity index (χ0n) is 20.7. The number of carbonyl (C=O) groups excluding carboxylic acids is 1. The van der Waals surface area contributed by atoms with Crippen molar-refractivity contribution in [1.82, 2.24) is 9.80 Å². The molecule has 1 atom stereocenters. The van der Waals surface area contributed by atoms with Crippen molar-refractivity contribution in [3.8, 4) is 0 Å². The van der Waals surface area contributed by atoms with E-state index in [4.69, 9.17) is 16.3 Å². The topological polar surface area (TPSA) is 32.8 Å². The first-order valence-corrected chi connectivity index (χ1v) is 12.7. The Morgan fingerprint density at radius 1 is 0.892 bits per heavy atom. The van der Waals surface area contributed by atoms with Crippen molar-refractivity contribution in [1.29, 1.82) is 0 Å². The van der Waals surface area contributed by atoms with Crippen LogP contribution in [0.1, 0.15) is 45.6 Å². The summed E-state index contributed by atoms with van der Waals surface area (Å²) in [4.78, 5) is 17.0. The van der Waals surface area contributed by atoms with Gasteiger partial charge < -0.3 is 9.64 Å². The zero-order valence-corrected chi connectivity index (χ0v) is 21.4. The summed E-state index contributed by atoms with van der Waals surface area (Å²) in [5.74, 6) is 0.0371. The van der Waals surface area contributed by atoms with Gasteiger partial charge in [0.25, 0.3) is 5.91 Å². The van der Waals surface area contributed by atoms with E-state index in [9.17, 15) is 18.0 Å². The van der Waals surface area contributed by atoms with Crippen molar-refractivity contribution in [3.63, 3.8) is 0 Å². The van der Waals surface area contributed by atoms with Crippen LogP contribution in [0.2, 0.25) is 5.02 Å². The molecular weight excluding hydrogens is 501 g/mol. The lowest BCUT2D eigenvalue weighted by Crippen LogP contribution is -2.49. The number of rotatable bonds is 8. The molecule has 8 heteroatoms. The maximum atomic E-state index is 12.9. The summed E-state index contributed by atoms with van der Waals surface area (Å²) in [5, 5.41) is 0.615. The third kappa shape index (κ3) is 7.34. The quantitative estimate of drug-likeness (QED) is 0.327. The van der Waals surface area contributed by atoms with Crippen molar-refractivity contribution >= 4 is 17.5 Å². The Hall–Kier alpha value is -2.87. The molecule has 0 spiro atoms. The fourth-order valence-electron chi connectivity index (χ4n) is 4.35. The van der Waals surface area contributed by atoms with Crippen LogP contribution in [0.25, 0.3) is 0 Å². The van der Waals surface area contributed by atoms with E-state index in [0.29, 0.717) is 48.9 Å². The largest absolute Gasteiger partial charge is 0.416 e. The molecule has 196 valence electrons. The second-order valence-electron chi connectivity index (χ2n) is 9.19. The number of amides is 1. The average molecular weight is 531 g/mol. The Morgan fingerprint density at radius 2 is 1.49 bits per heavy atom. The van der Waals surface area contributed by atoms with Crippen molar-refractivity contribution in [2.75, 3.05) is 32.7 Å². The third-order valence-electron chi connectivity index (χ3n) is 6.67. The number of alkyl halides is 3. The minimum Gasteiger partial charge on any atom is -0.368 e.